The van der Waals surface area contributed by atoms with E-state index in [9.17, 15) is 0 Å². The van der Waals surface area contributed by atoms with Crippen molar-refractivity contribution in [2.45, 2.75) is 12.5 Å². The zero-order chi connectivity index (χ0) is 12.3. The molecular weight excluding hydrogens is 325 g/mol. The molecule has 2 rings (SSSR count). The molecule has 0 aliphatic carbocycles. The van der Waals surface area contributed by atoms with Gasteiger partial charge in [0.1, 0.15) is 0 Å². The van der Waals surface area contributed by atoms with E-state index < -0.39 is 0 Å². The number of nitrogens with one attached hydrogen (secondary N) is 1. The highest BCUT2D eigenvalue weighted by Gasteiger charge is 2.12. The van der Waals surface area contributed by atoms with Gasteiger partial charge in [-0.1, -0.05) is 12.1 Å². The summed E-state index contributed by atoms with van der Waals surface area (Å²) in [4.78, 5) is 0. The van der Waals surface area contributed by atoms with Gasteiger partial charge in [-0.05, 0) is 59.8 Å². The van der Waals surface area contributed by atoms with E-state index in [-0.39, 0.29) is 6.04 Å². The summed E-state index contributed by atoms with van der Waals surface area (Å²) in [7, 11) is 3.92. The number of hydrogen-bond donors (Lipinski definition) is 1. The first-order valence-electron chi connectivity index (χ1n) is 5.60. The summed E-state index contributed by atoms with van der Waals surface area (Å²) in [6.45, 7) is 0. The Hall–Kier alpha value is -0.880. The van der Waals surface area contributed by atoms with Crippen LogP contribution in [-0.4, -0.2) is 16.8 Å². The molecule has 1 unspecified atom stereocenters. The lowest BCUT2D eigenvalue weighted by molar-refractivity contribution is 0.563. The van der Waals surface area contributed by atoms with Gasteiger partial charge in [0.2, 0.25) is 0 Å². The van der Waals surface area contributed by atoms with Crippen LogP contribution in [-0.2, 0) is 13.5 Å². The van der Waals surface area contributed by atoms with Crippen LogP contribution in [0.3, 0.4) is 0 Å². The molecule has 3 nitrogen and oxygen atoms in total. The fourth-order valence-electron chi connectivity index (χ4n) is 1.83. The predicted octanol–water partition coefficient (Wildman–Crippen LogP) is 2.53. The molecule has 0 spiro atoms. The number of aryl methyl sites for hydroxylation is 1. The van der Waals surface area contributed by atoms with Gasteiger partial charge in [0.25, 0.3) is 0 Å². The third-order valence-corrected chi connectivity index (χ3v) is 3.51. The molecule has 0 aliphatic heterocycles. The van der Waals surface area contributed by atoms with Crippen LogP contribution in [0, 0.1) is 3.57 Å². The third-order valence-electron chi connectivity index (χ3n) is 2.79. The standard InChI is InChI=1S/C13H16IN3/c1-15-13(12-7-8-17(2)16-12)9-10-3-5-11(14)6-4-10/h3-8,13,15H,9H2,1-2H3. The Morgan fingerprint density at radius 2 is 2.00 bits per heavy atom. The molecule has 0 saturated heterocycles. The van der Waals surface area contributed by atoms with E-state index in [1.807, 2.05) is 25.0 Å². The van der Waals surface area contributed by atoms with Crippen LogP contribution < -0.4 is 5.32 Å². The number of hydrogen-bond acceptors (Lipinski definition) is 2. The maximum atomic E-state index is 4.45. The first-order valence-corrected chi connectivity index (χ1v) is 6.68. The van der Waals surface area contributed by atoms with E-state index in [0.29, 0.717) is 0 Å². The molecule has 0 amide bonds. The number of likely N-dealkylation sites (N-methyl/N-ethyl adjacent to an activating group) is 1. The molecule has 90 valence electrons. The highest BCUT2D eigenvalue weighted by molar-refractivity contribution is 14.1. The average molecular weight is 341 g/mol. The lowest BCUT2D eigenvalue weighted by atomic mass is 10.0. The Bertz CT molecular complexity index is 476. The molecule has 17 heavy (non-hydrogen) atoms. The molecule has 2 aromatic rings. The summed E-state index contributed by atoms with van der Waals surface area (Å²) in [5.41, 5.74) is 2.42. The second-order valence-corrected chi connectivity index (χ2v) is 5.33. The minimum Gasteiger partial charge on any atom is -0.311 e. The van der Waals surface area contributed by atoms with E-state index in [1.54, 1.807) is 0 Å². The number of rotatable bonds is 4. The summed E-state index contributed by atoms with van der Waals surface area (Å²) in [5.74, 6) is 0. The maximum Gasteiger partial charge on any atom is 0.0797 e. The van der Waals surface area contributed by atoms with Crippen LogP contribution in [0.15, 0.2) is 36.5 Å². The zero-order valence-electron chi connectivity index (χ0n) is 10.0. The fraction of sp³-hybridized carbons (Fsp3) is 0.308. The minimum atomic E-state index is 0.274. The average Bonchev–Trinajstić information content (AvgIpc) is 2.75. The second-order valence-electron chi connectivity index (χ2n) is 4.09. The van der Waals surface area contributed by atoms with Gasteiger partial charge >= 0.3 is 0 Å². The number of halogens is 1. The monoisotopic (exact) mass is 341 g/mol. The van der Waals surface area contributed by atoms with E-state index in [2.05, 4.69) is 63.3 Å². The van der Waals surface area contributed by atoms with Crippen LogP contribution in [0.25, 0.3) is 0 Å². The second kappa shape index (κ2) is 5.64. The molecule has 0 fully saturated rings. The molecular formula is C13H16IN3. The molecule has 0 bridgehead atoms. The summed E-state index contributed by atoms with van der Waals surface area (Å²) >= 11 is 2.32. The summed E-state index contributed by atoms with van der Waals surface area (Å²) in [5, 5.41) is 7.77. The van der Waals surface area contributed by atoms with Crippen molar-refractivity contribution in [2.75, 3.05) is 7.05 Å². The van der Waals surface area contributed by atoms with Crippen molar-refractivity contribution >= 4 is 22.6 Å². The summed E-state index contributed by atoms with van der Waals surface area (Å²) in [6.07, 6.45) is 2.94. The van der Waals surface area contributed by atoms with Crippen LogP contribution >= 0.6 is 22.6 Å². The Labute approximate surface area is 115 Å². The highest BCUT2D eigenvalue weighted by atomic mass is 127. The van der Waals surface area contributed by atoms with Gasteiger partial charge in [-0.15, -0.1) is 0 Å². The molecule has 1 heterocycles. The lowest BCUT2D eigenvalue weighted by Gasteiger charge is -2.13. The van der Waals surface area contributed by atoms with E-state index in [4.69, 9.17) is 0 Å². The smallest absolute Gasteiger partial charge is 0.0797 e. The van der Waals surface area contributed by atoms with Crippen molar-refractivity contribution in [1.29, 1.82) is 0 Å². The van der Waals surface area contributed by atoms with Crippen molar-refractivity contribution < 1.29 is 0 Å². The lowest BCUT2D eigenvalue weighted by Crippen LogP contribution is -2.19. The van der Waals surface area contributed by atoms with Crippen LogP contribution in [0.4, 0.5) is 0 Å². The van der Waals surface area contributed by atoms with Gasteiger partial charge in [0.15, 0.2) is 0 Å². The van der Waals surface area contributed by atoms with Crippen LogP contribution in [0.1, 0.15) is 17.3 Å². The summed E-state index contributed by atoms with van der Waals surface area (Å²) in [6, 6.07) is 11.0. The van der Waals surface area contributed by atoms with E-state index in [0.717, 1.165) is 12.1 Å². The van der Waals surface area contributed by atoms with Crippen LogP contribution in [0.5, 0.6) is 0 Å². The van der Waals surface area contributed by atoms with Crippen LogP contribution in [0.2, 0.25) is 0 Å². The Morgan fingerprint density at radius 1 is 1.29 bits per heavy atom. The molecule has 1 N–H and O–H groups in total. The van der Waals surface area contributed by atoms with Gasteiger partial charge in [-0.3, -0.25) is 4.68 Å². The molecule has 0 aliphatic rings. The van der Waals surface area contributed by atoms with Gasteiger partial charge in [-0.2, -0.15) is 5.10 Å². The molecule has 0 radical (unpaired) electrons. The Morgan fingerprint density at radius 3 is 2.53 bits per heavy atom. The zero-order valence-corrected chi connectivity index (χ0v) is 12.2. The van der Waals surface area contributed by atoms with Crippen molar-refractivity contribution in [3.8, 4) is 0 Å². The number of benzene rings is 1. The molecule has 4 heteroatoms. The first kappa shape index (κ1) is 12.6. The third kappa shape index (κ3) is 3.29. The topological polar surface area (TPSA) is 29.9 Å². The molecule has 1 aromatic carbocycles. The maximum absolute atomic E-state index is 4.45. The van der Waals surface area contributed by atoms with Gasteiger partial charge in [-0.25, -0.2) is 0 Å². The van der Waals surface area contributed by atoms with Crippen molar-refractivity contribution in [3.63, 3.8) is 0 Å². The van der Waals surface area contributed by atoms with Crippen molar-refractivity contribution in [3.05, 3.63) is 51.4 Å². The van der Waals surface area contributed by atoms with E-state index in [1.165, 1.54) is 9.13 Å². The SMILES string of the molecule is CNC(Cc1ccc(I)cc1)c1ccn(C)n1. The van der Waals surface area contributed by atoms with E-state index >= 15 is 0 Å². The summed E-state index contributed by atoms with van der Waals surface area (Å²) < 4.78 is 3.11. The molecule has 1 aromatic heterocycles. The first-order chi connectivity index (χ1) is 8.19. The fourth-order valence-corrected chi connectivity index (χ4v) is 2.19. The Balaban J connectivity index is 2.12. The van der Waals surface area contributed by atoms with Crippen molar-refractivity contribution in [2.24, 2.45) is 7.05 Å². The minimum absolute atomic E-state index is 0.274. The van der Waals surface area contributed by atoms with Gasteiger partial charge in [0.05, 0.1) is 11.7 Å². The largest absolute Gasteiger partial charge is 0.311 e. The quantitative estimate of drug-likeness (QED) is 0.867. The number of aromatic nitrogens is 2. The normalized spacial score (nSPS) is 12.6. The molecule has 0 saturated carbocycles. The van der Waals surface area contributed by atoms with Gasteiger partial charge < -0.3 is 5.32 Å². The number of nitrogens with zero attached hydrogens (tertiary/aromatic N) is 2. The molecule has 1 atom stereocenters. The highest BCUT2D eigenvalue weighted by Crippen LogP contribution is 2.17. The predicted molar refractivity (Wildman–Crippen MR) is 77.9 cm³/mol. The Kier molecular flexibility index (Phi) is 4.17. The van der Waals surface area contributed by atoms with Crippen molar-refractivity contribution in [1.82, 2.24) is 15.1 Å². The van der Waals surface area contributed by atoms with Gasteiger partial charge in [0, 0.05) is 16.8 Å².